The number of sulfonamides is 1. The molecule has 2 rings (SSSR count). The van der Waals surface area contributed by atoms with Gasteiger partial charge in [-0.2, -0.15) is 0 Å². The summed E-state index contributed by atoms with van der Waals surface area (Å²) < 4.78 is 38.5. The second-order valence-electron chi connectivity index (χ2n) is 5.36. The van der Waals surface area contributed by atoms with Crippen molar-refractivity contribution in [2.75, 3.05) is 36.7 Å². The number of anilines is 2. The summed E-state index contributed by atoms with van der Waals surface area (Å²) in [5.74, 6) is 0.498. The maximum Gasteiger partial charge on any atom is 0.265 e. The van der Waals surface area contributed by atoms with Crippen LogP contribution in [0.15, 0.2) is 47.4 Å². The van der Waals surface area contributed by atoms with Crippen molar-refractivity contribution in [1.82, 2.24) is 0 Å². The summed E-state index contributed by atoms with van der Waals surface area (Å²) in [6.45, 7) is 0.178. The van der Waals surface area contributed by atoms with Gasteiger partial charge in [-0.3, -0.25) is 4.72 Å². The number of methoxy groups -OCH3 is 2. The Morgan fingerprint density at radius 1 is 1.12 bits per heavy atom. The first-order valence-electron chi connectivity index (χ1n) is 7.73. The maximum atomic E-state index is 12.7. The highest BCUT2D eigenvalue weighted by Gasteiger charge is 2.23. The van der Waals surface area contributed by atoms with Crippen LogP contribution >= 0.6 is 11.6 Å². The number of ether oxygens (including phenoxy) is 2. The van der Waals surface area contributed by atoms with Crippen molar-refractivity contribution in [3.05, 3.63) is 42.5 Å². The minimum Gasteiger partial charge on any atom is -0.495 e. The molecule has 2 aromatic rings. The molecule has 2 aromatic carbocycles. The molecule has 142 valence electrons. The number of para-hydroxylation sites is 1. The van der Waals surface area contributed by atoms with E-state index in [9.17, 15) is 13.5 Å². The van der Waals surface area contributed by atoms with Crippen LogP contribution in [0.5, 0.6) is 11.5 Å². The molecule has 7 nitrogen and oxygen atoms in total. The van der Waals surface area contributed by atoms with Crippen LogP contribution in [0, 0.1) is 0 Å². The molecule has 0 bridgehead atoms. The molecule has 0 radical (unpaired) electrons. The van der Waals surface area contributed by atoms with Gasteiger partial charge in [0.15, 0.2) is 0 Å². The number of hydrogen-bond donors (Lipinski definition) is 3. The Morgan fingerprint density at radius 3 is 2.35 bits per heavy atom. The largest absolute Gasteiger partial charge is 0.495 e. The van der Waals surface area contributed by atoms with Crippen LogP contribution in [0.2, 0.25) is 0 Å². The first kappa shape index (κ1) is 20.2. The summed E-state index contributed by atoms with van der Waals surface area (Å²) in [5, 5.41) is 12.5. The minimum atomic E-state index is -3.89. The lowest BCUT2D eigenvalue weighted by molar-refractivity contribution is 0.211. The second kappa shape index (κ2) is 8.98. The molecular weight excluding hydrogens is 380 g/mol. The summed E-state index contributed by atoms with van der Waals surface area (Å²) in [6.07, 6.45) is -0.754. The Balaban J connectivity index is 2.38. The van der Waals surface area contributed by atoms with Crippen molar-refractivity contribution in [2.24, 2.45) is 0 Å². The van der Waals surface area contributed by atoms with Crippen molar-refractivity contribution < 1.29 is 23.0 Å². The lowest BCUT2D eigenvalue weighted by Gasteiger charge is -2.18. The quantitative estimate of drug-likeness (QED) is 0.559. The van der Waals surface area contributed by atoms with Gasteiger partial charge in [0.25, 0.3) is 10.0 Å². The average molecular weight is 401 g/mol. The SMILES string of the molecule is COc1cc(S(=O)(=O)Nc2ccccc2)c(OC)cc1NCC(O)CCl. The van der Waals surface area contributed by atoms with Crippen LogP contribution in [-0.4, -0.2) is 46.3 Å². The molecule has 0 saturated carbocycles. The first-order chi connectivity index (χ1) is 12.4. The van der Waals surface area contributed by atoms with Crippen LogP contribution in [-0.2, 0) is 10.0 Å². The molecule has 26 heavy (non-hydrogen) atoms. The van der Waals surface area contributed by atoms with Crippen LogP contribution in [0.1, 0.15) is 0 Å². The summed E-state index contributed by atoms with van der Waals surface area (Å²) in [4.78, 5) is -0.0656. The fourth-order valence-corrected chi connectivity index (χ4v) is 3.55. The van der Waals surface area contributed by atoms with E-state index >= 15 is 0 Å². The molecule has 0 spiro atoms. The number of nitrogens with one attached hydrogen (secondary N) is 2. The van der Waals surface area contributed by atoms with E-state index < -0.39 is 16.1 Å². The highest BCUT2D eigenvalue weighted by atomic mass is 35.5. The monoisotopic (exact) mass is 400 g/mol. The van der Waals surface area contributed by atoms with Gasteiger partial charge in [0.1, 0.15) is 16.4 Å². The van der Waals surface area contributed by atoms with E-state index in [-0.39, 0.29) is 23.1 Å². The lowest BCUT2D eigenvalue weighted by atomic mass is 10.2. The Bertz CT molecular complexity index is 831. The van der Waals surface area contributed by atoms with Gasteiger partial charge in [-0.15, -0.1) is 11.6 Å². The molecule has 1 atom stereocenters. The van der Waals surface area contributed by atoms with Gasteiger partial charge in [0.05, 0.1) is 31.9 Å². The first-order valence-corrected chi connectivity index (χ1v) is 9.74. The molecule has 0 fully saturated rings. The standard InChI is InChI=1S/C17H21ClN2O5S/c1-24-15-9-17(26(22,23)20-12-6-4-3-5-7-12)16(25-2)8-14(15)19-11-13(21)10-18/h3-9,13,19-21H,10-11H2,1-2H3. The van der Waals surface area contributed by atoms with E-state index in [2.05, 4.69) is 10.0 Å². The molecule has 0 heterocycles. The van der Waals surface area contributed by atoms with Gasteiger partial charge < -0.3 is 19.9 Å². The fraction of sp³-hybridized carbons (Fsp3) is 0.294. The molecule has 0 aromatic heterocycles. The van der Waals surface area contributed by atoms with Gasteiger partial charge in [-0.25, -0.2) is 8.42 Å². The van der Waals surface area contributed by atoms with Crippen molar-refractivity contribution in [1.29, 1.82) is 0 Å². The number of alkyl halides is 1. The Morgan fingerprint density at radius 2 is 1.77 bits per heavy atom. The third kappa shape index (κ3) is 4.94. The molecule has 3 N–H and O–H groups in total. The zero-order chi connectivity index (χ0) is 19.2. The fourth-order valence-electron chi connectivity index (χ4n) is 2.22. The normalized spacial score (nSPS) is 12.3. The Hall–Kier alpha value is -2.16. The molecule has 9 heteroatoms. The molecule has 0 aliphatic rings. The summed E-state index contributed by atoms with van der Waals surface area (Å²) in [5.41, 5.74) is 0.910. The van der Waals surface area contributed by atoms with E-state index in [4.69, 9.17) is 21.1 Å². The highest BCUT2D eigenvalue weighted by molar-refractivity contribution is 7.92. The topological polar surface area (TPSA) is 96.9 Å². The van der Waals surface area contributed by atoms with Crippen molar-refractivity contribution >= 4 is 33.0 Å². The van der Waals surface area contributed by atoms with Gasteiger partial charge in [-0.05, 0) is 12.1 Å². The van der Waals surface area contributed by atoms with Crippen molar-refractivity contribution in [3.63, 3.8) is 0 Å². The van der Waals surface area contributed by atoms with Crippen LogP contribution in [0.3, 0.4) is 0 Å². The molecule has 0 saturated heterocycles. The van der Waals surface area contributed by atoms with Crippen LogP contribution in [0.4, 0.5) is 11.4 Å². The predicted octanol–water partition coefficient (Wildman–Crippen LogP) is 2.52. The van der Waals surface area contributed by atoms with Gasteiger partial charge >= 0.3 is 0 Å². The lowest BCUT2D eigenvalue weighted by Crippen LogP contribution is -2.21. The van der Waals surface area contributed by atoms with Gasteiger partial charge in [0.2, 0.25) is 0 Å². The number of rotatable bonds is 9. The smallest absolute Gasteiger partial charge is 0.265 e. The molecule has 0 aliphatic carbocycles. The number of benzene rings is 2. The summed E-state index contributed by atoms with van der Waals surface area (Å²) >= 11 is 5.58. The van der Waals surface area contributed by atoms with Crippen molar-refractivity contribution in [2.45, 2.75) is 11.0 Å². The molecule has 0 aliphatic heterocycles. The zero-order valence-corrected chi connectivity index (χ0v) is 16.0. The summed E-state index contributed by atoms with van der Waals surface area (Å²) in [7, 11) is -1.10. The Labute approximate surface area is 157 Å². The van der Waals surface area contributed by atoms with Crippen LogP contribution in [0.25, 0.3) is 0 Å². The predicted molar refractivity (Wildman–Crippen MR) is 102 cm³/mol. The van der Waals surface area contributed by atoms with E-state index in [0.29, 0.717) is 17.1 Å². The zero-order valence-electron chi connectivity index (χ0n) is 14.4. The number of aliphatic hydroxyl groups is 1. The molecule has 1 unspecified atom stereocenters. The van der Waals surface area contributed by atoms with Gasteiger partial charge in [-0.1, -0.05) is 18.2 Å². The minimum absolute atomic E-state index is 0.0656. The molecule has 0 amide bonds. The van der Waals surface area contributed by atoms with Crippen LogP contribution < -0.4 is 19.5 Å². The number of aliphatic hydroxyl groups excluding tert-OH is 1. The van der Waals surface area contributed by atoms with E-state index in [1.165, 1.54) is 26.4 Å². The second-order valence-corrected chi connectivity index (χ2v) is 7.32. The third-order valence-corrected chi connectivity index (χ3v) is 5.27. The summed E-state index contributed by atoms with van der Waals surface area (Å²) in [6, 6.07) is 11.4. The van der Waals surface area contributed by atoms with E-state index in [1.807, 2.05) is 0 Å². The van der Waals surface area contributed by atoms with E-state index in [1.54, 1.807) is 30.3 Å². The number of halogens is 1. The van der Waals surface area contributed by atoms with E-state index in [0.717, 1.165) is 0 Å². The third-order valence-electron chi connectivity index (χ3n) is 3.51. The molecular formula is C17H21ClN2O5S. The van der Waals surface area contributed by atoms with Crippen molar-refractivity contribution in [3.8, 4) is 11.5 Å². The highest BCUT2D eigenvalue weighted by Crippen LogP contribution is 2.36. The Kier molecular flexibility index (Phi) is 6.96. The maximum absolute atomic E-state index is 12.7. The number of hydrogen-bond acceptors (Lipinski definition) is 6. The average Bonchev–Trinajstić information content (AvgIpc) is 2.65. The van der Waals surface area contributed by atoms with Gasteiger partial charge in [0, 0.05) is 24.4 Å².